The van der Waals surface area contributed by atoms with Gasteiger partial charge >= 0.3 is 0 Å². The van der Waals surface area contributed by atoms with Crippen molar-refractivity contribution in [3.05, 3.63) is 29.8 Å². The number of aliphatic hydroxyl groups excluding tert-OH is 1. The third kappa shape index (κ3) is 2.76. The maximum Gasteiger partial charge on any atom is 0.256 e. The van der Waals surface area contributed by atoms with Crippen LogP contribution in [0.5, 0.6) is 0 Å². The standard InChI is InChI=1S/C11H15FN2O2/c1-7(15)11(2,3)14-10(16)8-5-4-6-13-9(8)12/h4-7,15H,1-3H3,(H,14,16). The van der Waals surface area contributed by atoms with Crippen molar-refractivity contribution < 1.29 is 14.3 Å². The molecule has 0 fully saturated rings. The molecule has 1 unspecified atom stereocenters. The second kappa shape index (κ2) is 4.57. The van der Waals surface area contributed by atoms with Gasteiger partial charge in [0.1, 0.15) is 0 Å². The number of pyridine rings is 1. The minimum Gasteiger partial charge on any atom is -0.391 e. The first-order valence-corrected chi connectivity index (χ1v) is 4.95. The van der Waals surface area contributed by atoms with Crippen LogP contribution in [0.4, 0.5) is 4.39 Å². The molecule has 1 atom stereocenters. The predicted octanol–water partition coefficient (Wildman–Crippen LogP) is 1.11. The number of rotatable bonds is 3. The zero-order chi connectivity index (χ0) is 12.3. The Kier molecular flexibility index (Phi) is 3.59. The number of nitrogens with zero attached hydrogens (tertiary/aromatic N) is 1. The summed E-state index contributed by atoms with van der Waals surface area (Å²) in [5.74, 6) is -1.40. The lowest BCUT2D eigenvalue weighted by molar-refractivity contribution is 0.0705. The summed E-state index contributed by atoms with van der Waals surface area (Å²) in [5.41, 5.74) is -0.949. The molecular formula is C11H15FN2O2. The van der Waals surface area contributed by atoms with Crippen molar-refractivity contribution in [1.29, 1.82) is 0 Å². The molecule has 0 radical (unpaired) electrons. The summed E-state index contributed by atoms with van der Waals surface area (Å²) >= 11 is 0. The molecule has 0 saturated carbocycles. The third-order valence-corrected chi connectivity index (χ3v) is 2.48. The molecule has 0 aliphatic rings. The zero-order valence-corrected chi connectivity index (χ0v) is 9.49. The number of hydrogen-bond acceptors (Lipinski definition) is 3. The van der Waals surface area contributed by atoms with E-state index >= 15 is 0 Å². The van der Waals surface area contributed by atoms with Gasteiger partial charge in [-0.1, -0.05) is 0 Å². The third-order valence-electron chi connectivity index (χ3n) is 2.48. The normalized spacial score (nSPS) is 13.3. The van der Waals surface area contributed by atoms with E-state index in [1.807, 2.05) is 0 Å². The van der Waals surface area contributed by atoms with Gasteiger partial charge in [0.2, 0.25) is 5.95 Å². The molecule has 0 aromatic carbocycles. The SMILES string of the molecule is CC(O)C(C)(C)NC(=O)c1cccnc1F. The highest BCUT2D eigenvalue weighted by Gasteiger charge is 2.27. The number of aliphatic hydroxyl groups is 1. The van der Waals surface area contributed by atoms with Gasteiger partial charge in [-0.2, -0.15) is 4.39 Å². The van der Waals surface area contributed by atoms with Gasteiger partial charge in [-0.25, -0.2) is 4.98 Å². The molecule has 2 N–H and O–H groups in total. The van der Waals surface area contributed by atoms with Crippen LogP contribution in [0.3, 0.4) is 0 Å². The molecule has 0 aliphatic carbocycles. The van der Waals surface area contributed by atoms with Crippen LogP contribution in [0.1, 0.15) is 31.1 Å². The maximum atomic E-state index is 13.2. The minimum atomic E-state index is -0.820. The molecule has 0 spiro atoms. The number of aromatic nitrogens is 1. The first-order chi connectivity index (χ1) is 7.34. The fraction of sp³-hybridized carbons (Fsp3) is 0.455. The van der Waals surface area contributed by atoms with Crippen LogP contribution in [0.25, 0.3) is 0 Å². The maximum absolute atomic E-state index is 13.2. The fourth-order valence-electron chi connectivity index (χ4n) is 1.02. The Morgan fingerprint density at radius 2 is 2.25 bits per heavy atom. The Balaban J connectivity index is 2.85. The highest BCUT2D eigenvalue weighted by atomic mass is 19.1. The number of carbonyl (C=O) groups is 1. The van der Waals surface area contributed by atoms with Gasteiger partial charge in [0.05, 0.1) is 17.2 Å². The second-order valence-electron chi connectivity index (χ2n) is 4.19. The van der Waals surface area contributed by atoms with E-state index in [4.69, 9.17) is 0 Å². The van der Waals surface area contributed by atoms with Crippen molar-refractivity contribution in [2.75, 3.05) is 0 Å². The quantitative estimate of drug-likeness (QED) is 0.759. The van der Waals surface area contributed by atoms with Crippen LogP contribution in [-0.4, -0.2) is 27.6 Å². The van der Waals surface area contributed by atoms with E-state index in [9.17, 15) is 14.3 Å². The lowest BCUT2D eigenvalue weighted by Crippen LogP contribution is -2.51. The Labute approximate surface area is 93.5 Å². The van der Waals surface area contributed by atoms with Crippen LogP contribution in [-0.2, 0) is 0 Å². The first kappa shape index (κ1) is 12.6. The van der Waals surface area contributed by atoms with Crippen molar-refractivity contribution in [2.45, 2.75) is 32.4 Å². The van der Waals surface area contributed by atoms with E-state index < -0.39 is 23.5 Å². The summed E-state index contributed by atoms with van der Waals surface area (Å²) in [6, 6.07) is 2.82. The lowest BCUT2D eigenvalue weighted by atomic mass is 9.98. The van der Waals surface area contributed by atoms with Crippen molar-refractivity contribution >= 4 is 5.91 Å². The first-order valence-electron chi connectivity index (χ1n) is 4.95. The molecule has 88 valence electrons. The van der Waals surface area contributed by atoms with Crippen LogP contribution >= 0.6 is 0 Å². The van der Waals surface area contributed by atoms with E-state index in [0.29, 0.717) is 0 Å². The Morgan fingerprint density at radius 3 is 2.75 bits per heavy atom. The molecule has 1 heterocycles. The van der Waals surface area contributed by atoms with Crippen LogP contribution in [0.15, 0.2) is 18.3 Å². The Hall–Kier alpha value is -1.49. The molecule has 1 aromatic heterocycles. The van der Waals surface area contributed by atoms with Crippen molar-refractivity contribution in [3.8, 4) is 0 Å². The smallest absolute Gasteiger partial charge is 0.256 e. The molecule has 1 amide bonds. The number of carbonyl (C=O) groups excluding carboxylic acids is 1. The van der Waals surface area contributed by atoms with Gasteiger partial charge in [0.15, 0.2) is 0 Å². The van der Waals surface area contributed by atoms with Gasteiger partial charge in [-0.3, -0.25) is 4.79 Å². The number of hydrogen-bond donors (Lipinski definition) is 2. The Bertz CT molecular complexity index is 391. The van der Waals surface area contributed by atoms with Gasteiger partial charge in [-0.15, -0.1) is 0 Å². The summed E-state index contributed by atoms with van der Waals surface area (Å²) in [6.45, 7) is 4.87. The van der Waals surface area contributed by atoms with E-state index in [1.165, 1.54) is 18.3 Å². The summed E-state index contributed by atoms with van der Waals surface area (Å²) in [4.78, 5) is 15.1. The highest BCUT2D eigenvalue weighted by molar-refractivity contribution is 5.94. The van der Waals surface area contributed by atoms with E-state index in [-0.39, 0.29) is 5.56 Å². The Morgan fingerprint density at radius 1 is 1.62 bits per heavy atom. The van der Waals surface area contributed by atoms with Gasteiger partial charge < -0.3 is 10.4 Å². The molecule has 0 aliphatic heterocycles. The number of amides is 1. The lowest BCUT2D eigenvalue weighted by Gasteiger charge is -2.29. The summed E-state index contributed by atoms with van der Waals surface area (Å²) < 4.78 is 13.2. The molecular weight excluding hydrogens is 211 g/mol. The van der Waals surface area contributed by atoms with Gasteiger partial charge in [0.25, 0.3) is 5.91 Å². The molecule has 1 rings (SSSR count). The molecule has 1 aromatic rings. The molecule has 0 bridgehead atoms. The van der Waals surface area contributed by atoms with Gasteiger partial charge in [-0.05, 0) is 32.9 Å². The molecule has 5 heteroatoms. The van der Waals surface area contributed by atoms with Gasteiger partial charge in [0, 0.05) is 6.20 Å². The van der Waals surface area contributed by atoms with E-state index in [0.717, 1.165) is 0 Å². The number of halogens is 1. The predicted molar refractivity (Wildman–Crippen MR) is 57.4 cm³/mol. The van der Waals surface area contributed by atoms with E-state index in [2.05, 4.69) is 10.3 Å². The molecule has 4 nitrogen and oxygen atoms in total. The second-order valence-corrected chi connectivity index (χ2v) is 4.19. The average Bonchev–Trinajstić information content (AvgIpc) is 2.17. The topological polar surface area (TPSA) is 62.2 Å². The summed E-state index contributed by atoms with van der Waals surface area (Å²) in [7, 11) is 0. The van der Waals surface area contributed by atoms with Crippen molar-refractivity contribution in [3.63, 3.8) is 0 Å². The molecule has 0 saturated heterocycles. The minimum absolute atomic E-state index is 0.128. The van der Waals surface area contributed by atoms with Crippen LogP contribution in [0.2, 0.25) is 0 Å². The fourth-order valence-corrected chi connectivity index (χ4v) is 1.02. The van der Waals surface area contributed by atoms with E-state index in [1.54, 1.807) is 20.8 Å². The number of nitrogens with one attached hydrogen (secondary N) is 1. The molecule has 16 heavy (non-hydrogen) atoms. The van der Waals surface area contributed by atoms with Crippen LogP contribution in [0, 0.1) is 5.95 Å². The van der Waals surface area contributed by atoms with Crippen molar-refractivity contribution in [1.82, 2.24) is 10.3 Å². The summed E-state index contributed by atoms with van der Waals surface area (Å²) in [6.07, 6.45) is 0.530. The zero-order valence-electron chi connectivity index (χ0n) is 9.49. The average molecular weight is 226 g/mol. The monoisotopic (exact) mass is 226 g/mol. The summed E-state index contributed by atoms with van der Waals surface area (Å²) in [5, 5.41) is 12.0. The van der Waals surface area contributed by atoms with Crippen LogP contribution < -0.4 is 5.32 Å². The highest BCUT2D eigenvalue weighted by Crippen LogP contribution is 2.11. The largest absolute Gasteiger partial charge is 0.391 e. The van der Waals surface area contributed by atoms with Crippen molar-refractivity contribution in [2.24, 2.45) is 0 Å².